The summed E-state index contributed by atoms with van der Waals surface area (Å²) in [6.45, 7) is 0. The zero-order valence-electron chi connectivity index (χ0n) is 15.2. The van der Waals surface area contributed by atoms with Crippen LogP contribution in [0.15, 0.2) is 47.4 Å². The van der Waals surface area contributed by atoms with Gasteiger partial charge in [0.1, 0.15) is 10.6 Å². The van der Waals surface area contributed by atoms with Crippen molar-refractivity contribution in [2.45, 2.75) is 4.90 Å². The molecule has 0 saturated carbocycles. The molecule has 0 unspecified atom stereocenters. The molecule has 0 bridgehead atoms. The molecule has 0 N–H and O–H groups in total. The molecule has 2 aromatic carbocycles. The van der Waals surface area contributed by atoms with Gasteiger partial charge in [0, 0.05) is 14.1 Å². The summed E-state index contributed by atoms with van der Waals surface area (Å²) >= 11 is 0. The number of benzene rings is 2. The van der Waals surface area contributed by atoms with Crippen molar-refractivity contribution < 1.29 is 32.4 Å². The van der Waals surface area contributed by atoms with E-state index in [1.165, 1.54) is 45.5 Å². The zero-order valence-corrected chi connectivity index (χ0v) is 16.0. The number of imide groups is 1. The quantitative estimate of drug-likeness (QED) is 0.691. The highest BCUT2D eigenvalue weighted by Gasteiger charge is 2.39. The van der Waals surface area contributed by atoms with Crippen molar-refractivity contribution in [2.75, 3.05) is 21.2 Å². The minimum Gasteiger partial charge on any atom is -0.495 e. The number of hydroxylamine groups is 2. The maximum atomic E-state index is 12.5. The van der Waals surface area contributed by atoms with E-state index in [2.05, 4.69) is 0 Å². The Balaban J connectivity index is 1.92. The smallest absolute Gasteiger partial charge is 0.363 e. The van der Waals surface area contributed by atoms with Gasteiger partial charge >= 0.3 is 5.97 Å². The molecular weight excluding hydrogens is 388 g/mol. The van der Waals surface area contributed by atoms with Crippen LogP contribution >= 0.6 is 0 Å². The number of methoxy groups -OCH3 is 1. The molecule has 2 aromatic rings. The van der Waals surface area contributed by atoms with Crippen molar-refractivity contribution in [2.24, 2.45) is 0 Å². The third-order valence-corrected chi connectivity index (χ3v) is 5.93. The maximum absolute atomic E-state index is 12.5. The summed E-state index contributed by atoms with van der Waals surface area (Å²) < 4.78 is 30.9. The number of nitrogens with zero attached hydrogens (tertiary/aromatic N) is 2. The van der Waals surface area contributed by atoms with Crippen molar-refractivity contribution in [3.8, 4) is 5.75 Å². The standard InChI is InChI=1S/C18H16N2O7S/c1-19(2)28(24,25)15-10-11(8-9-14(15)26-3)18(23)27-20-16(21)12-6-4-5-7-13(12)17(20)22/h4-10H,1-3H3. The fourth-order valence-corrected chi connectivity index (χ4v) is 3.66. The molecule has 9 nitrogen and oxygen atoms in total. The highest BCUT2D eigenvalue weighted by atomic mass is 32.2. The number of rotatable bonds is 5. The van der Waals surface area contributed by atoms with Gasteiger partial charge in [-0.3, -0.25) is 9.59 Å². The fourth-order valence-electron chi connectivity index (χ4n) is 2.59. The molecule has 146 valence electrons. The van der Waals surface area contributed by atoms with E-state index in [0.29, 0.717) is 5.06 Å². The van der Waals surface area contributed by atoms with Gasteiger partial charge in [-0.2, -0.15) is 0 Å². The Morgan fingerprint density at radius 3 is 2.07 bits per heavy atom. The molecule has 2 amide bonds. The predicted octanol–water partition coefficient (Wildman–Crippen LogP) is 1.31. The number of ether oxygens (including phenoxy) is 1. The SMILES string of the molecule is COc1ccc(C(=O)ON2C(=O)c3ccccc3C2=O)cc1S(=O)(=O)N(C)C. The van der Waals surface area contributed by atoms with Crippen molar-refractivity contribution in [1.82, 2.24) is 9.37 Å². The summed E-state index contributed by atoms with van der Waals surface area (Å²) in [7, 11) is 0.0412. The molecule has 0 radical (unpaired) electrons. The van der Waals surface area contributed by atoms with Crippen molar-refractivity contribution in [3.63, 3.8) is 0 Å². The summed E-state index contributed by atoms with van der Waals surface area (Å²) in [5.74, 6) is -2.58. The Bertz CT molecular complexity index is 1060. The number of fused-ring (bicyclic) bond motifs is 1. The maximum Gasteiger partial charge on any atom is 0.363 e. The molecule has 0 saturated heterocycles. The third-order valence-electron chi connectivity index (χ3n) is 4.09. The Labute approximate surface area is 161 Å². The Kier molecular flexibility index (Phi) is 4.92. The van der Waals surface area contributed by atoms with Crippen LogP contribution in [0.3, 0.4) is 0 Å². The largest absolute Gasteiger partial charge is 0.495 e. The average molecular weight is 404 g/mol. The first kappa shape index (κ1) is 19.5. The van der Waals surface area contributed by atoms with E-state index in [1.807, 2.05) is 0 Å². The molecule has 1 aliphatic heterocycles. The summed E-state index contributed by atoms with van der Waals surface area (Å²) in [5, 5.41) is 0.358. The van der Waals surface area contributed by atoms with Gasteiger partial charge < -0.3 is 9.57 Å². The van der Waals surface area contributed by atoms with Crippen LogP contribution in [0.1, 0.15) is 31.1 Å². The normalized spacial score (nSPS) is 13.6. The number of carbonyl (C=O) groups excluding carboxylic acids is 3. The molecule has 3 rings (SSSR count). The van der Waals surface area contributed by atoms with Crippen molar-refractivity contribution >= 4 is 27.8 Å². The zero-order chi connectivity index (χ0) is 20.6. The number of amides is 2. The lowest BCUT2D eigenvalue weighted by Crippen LogP contribution is -2.32. The van der Waals surface area contributed by atoms with Crippen molar-refractivity contribution in [1.29, 1.82) is 0 Å². The van der Waals surface area contributed by atoms with Gasteiger partial charge in [-0.25, -0.2) is 17.5 Å². The van der Waals surface area contributed by atoms with E-state index in [1.54, 1.807) is 12.1 Å². The molecule has 0 aromatic heterocycles. The Hall–Kier alpha value is -3.24. The van der Waals surface area contributed by atoms with Crippen LogP contribution in [0.5, 0.6) is 5.75 Å². The average Bonchev–Trinajstić information content (AvgIpc) is 2.92. The summed E-state index contributed by atoms with van der Waals surface area (Å²) in [5.41, 5.74) is 0.0644. The molecule has 1 aliphatic rings. The van der Waals surface area contributed by atoms with Gasteiger partial charge in [-0.05, 0) is 30.3 Å². The molecular formula is C18H16N2O7S. The van der Waals surface area contributed by atoms with E-state index >= 15 is 0 Å². The summed E-state index contributed by atoms with van der Waals surface area (Å²) in [6.07, 6.45) is 0. The lowest BCUT2D eigenvalue weighted by Gasteiger charge is -2.16. The number of sulfonamides is 1. The second-order valence-corrected chi connectivity index (χ2v) is 8.10. The van der Waals surface area contributed by atoms with Gasteiger partial charge in [0.15, 0.2) is 0 Å². The predicted molar refractivity (Wildman–Crippen MR) is 96.2 cm³/mol. The lowest BCUT2D eigenvalue weighted by atomic mass is 10.1. The van der Waals surface area contributed by atoms with Crippen LogP contribution in [0.2, 0.25) is 0 Å². The third kappa shape index (κ3) is 3.12. The highest BCUT2D eigenvalue weighted by Crippen LogP contribution is 2.28. The number of hydrogen-bond acceptors (Lipinski definition) is 7. The van der Waals surface area contributed by atoms with Crippen LogP contribution in [0.4, 0.5) is 0 Å². The van der Waals surface area contributed by atoms with Crippen LogP contribution in [0.25, 0.3) is 0 Å². The van der Waals surface area contributed by atoms with Crippen LogP contribution in [-0.4, -0.2) is 56.8 Å². The minimum atomic E-state index is -3.92. The van der Waals surface area contributed by atoms with E-state index in [-0.39, 0.29) is 27.3 Å². The van der Waals surface area contributed by atoms with Crippen LogP contribution < -0.4 is 4.74 Å². The molecule has 10 heteroatoms. The molecule has 1 heterocycles. The van der Waals surface area contributed by atoms with Crippen LogP contribution in [-0.2, 0) is 14.9 Å². The van der Waals surface area contributed by atoms with Crippen LogP contribution in [0, 0.1) is 0 Å². The minimum absolute atomic E-state index is 0.0333. The topological polar surface area (TPSA) is 110 Å². The first-order valence-electron chi connectivity index (χ1n) is 7.99. The Morgan fingerprint density at radius 2 is 1.57 bits per heavy atom. The first-order chi connectivity index (χ1) is 13.2. The fraction of sp³-hybridized carbons (Fsp3) is 0.167. The summed E-state index contributed by atoms with van der Waals surface area (Å²) in [6, 6.07) is 9.67. The van der Waals surface area contributed by atoms with E-state index in [4.69, 9.17) is 9.57 Å². The summed E-state index contributed by atoms with van der Waals surface area (Å²) in [4.78, 5) is 41.8. The van der Waals surface area contributed by atoms with E-state index in [0.717, 1.165) is 10.4 Å². The molecule has 0 aliphatic carbocycles. The highest BCUT2D eigenvalue weighted by molar-refractivity contribution is 7.89. The van der Waals surface area contributed by atoms with E-state index < -0.39 is 27.8 Å². The number of carbonyl (C=O) groups is 3. The molecule has 28 heavy (non-hydrogen) atoms. The molecule has 0 spiro atoms. The van der Waals surface area contributed by atoms with Gasteiger partial charge in [0.05, 0.1) is 23.8 Å². The monoisotopic (exact) mass is 404 g/mol. The first-order valence-corrected chi connectivity index (χ1v) is 9.43. The van der Waals surface area contributed by atoms with Gasteiger partial charge in [0.2, 0.25) is 10.0 Å². The van der Waals surface area contributed by atoms with Gasteiger partial charge in [-0.1, -0.05) is 17.2 Å². The van der Waals surface area contributed by atoms with Gasteiger partial charge in [-0.15, -0.1) is 0 Å². The lowest BCUT2D eigenvalue weighted by molar-refractivity contribution is -0.0584. The molecule has 0 fully saturated rings. The molecule has 0 atom stereocenters. The number of hydrogen-bond donors (Lipinski definition) is 0. The van der Waals surface area contributed by atoms with Crippen molar-refractivity contribution in [3.05, 3.63) is 59.2 Å². The van der Waals surface area contributed by atoms with E-state index in [9.17, 15) is 22.8 Å². The van der Waals surface area contributed by atoms with Gasteiger partial charge in [0.25, 0.3) is 11.8 Å². The Morgan fingerprint density at radius 1 is 1.00 bits per heavy atom. The second-order valence-electron chi connectivity index (χ2n) is 5.98. The second kappa shape index (κ2) is 7.06.